The molecule has 2 aromatic rings. The maximum Gasteiger partial charge on any atom is 0.339 e. The number of nitro groups is 1. The molecule has 0 amide bonds. The van der Waals surface area contributed by atoms with E-state index in [1.54, 1.807) is 18.2 Å². The molecule has 4 rings (SSSR count). The lowest BCUT2D eigenvalue weighted by Crippen LogP contribution is -2.30. The summed E-state index contributed by atoms with van der Waals surface area (Å²) in [4.78, 5) is 23.3. The third-order valence-electron chi connectivity index (χ3n) is 5.56. The molecule has 0 saturated carbocycles. The highest BCUT2D eigenvalue weighted by Crippen LogP contribution is 2.51. The minimum absolute atomic E-state index is 0.0728. The van der Waals surface area contributed by atoms with Crippen molar-refractivity contribution in [3.63, 3.8) is 0 Å². The first-order valence-electron chi connectivity index (χ1n) is 9.02. The Morgan fingerprint density at radius 1 is 1.25 bits per heavy atom. The number of hydrogen-bond acceptors (Lipinski definition) is 6. The van der Waals surface area contributed by atoms with Gasteiger partial charge in [-0.1, -0.05) is 30.4 Å². The number of para-hydroxylation sites is 1. The van der Waals surface area contributed by atoms with E-state index in [2.05, 4.69) is 17.5 Å². The van der Waals surface area contributed by atoms with Gasteiger partial charge in [0.1, 0.15) is 0 Å². The van der Waals surface area contributed by atoms with Gasteiger partial charge in [0, 0.05) is 12.0 Å². The number of carbonyl (C=O) groups is 1. The summed E-state index contributed by atoms with van der Waals surface area (Å²) in [6, 6.07) is 10.4. The molecule has 1 N–H and O–H groups in total. The fraction of sp³-hybridized carbons (Fsp3) is 0.286. The molecule has 7 nitrogen and oxygen atoms in total. The van der Waals surface area contributed by atoms with E-state index in [0.717, 1.165) is 23.2 Å². The summed E-state index contributed by atoms with van der Waals surface area (Å²) in [5.74, 6) is 0.144. The molecule has 2 aromatic carbocycles. The molecule has 2 aliphatic rings. The van der Waals surface area contributed by atoms with E-state index in [-0.39, 0.29) is 29.3 Å². The van der Waals surface area contributed by atoms with Crippen LogP contribution in [-0.2, 0) is 4.74 Å². The van der Waals surface area contributed by atoms with E-state index in [4.69, 9.17) is 9.47 Å². The largest absolute Gasteiger partial charge is 0.490 e. The van der Waals surface area contributed by atoms with Crippen molar-refractivity contribution in [3.05, 3.63) is 75.4 Å². The Kier molecular flexibility index (Phi) is 4.50. The lowest BCUT2D eigenvalue weighted by Gasteiger charge is -2.38. The zero-order valence-corrected chi connectivity index (χ0v) is 15.5. The van der Waals surface area contributed by atoms with Crippen LogP contribution in [0.2, 0.25) is 0 Å². The van der Waals surface area contributed by atoms with Crippen LogP contribution in [-0.4, -0.2) is 25.1 Å². The first-order valence-corrected chi connectivity index (χ1v) is 9.02. The average Bonchev–Trinajstić information content (AvgIpc) is 3.21. The van der Waals surface area contributed by atoms with E-state index >= 15 is 0 Å². The molecule has 1 aliphatic heterocycles. The number of rotatable bonds is 4. The molecule has 0 aromatic heterocycles. The van der Waals surface area contributed by atoms with Gasteiger partial charge in [-0.2, -0.15) is 0 Å². The standard InChI is InChI=1S/C21H20N2O5/c1-27-18-10-9-12(11-17(18)23(25)26)19-14-6-3-5-13(14)15-7-4-8-16(20(15)22-19)21(24)28-2/h3-5,7-11,13-14,19,22H,6H2,1-2H3/t13-,14+,19-/m1/s1. The van der Waals surface area contributed by atoms with E-state index in [1.165, 1.54) is 14.2 Å². The van der Waals surface area contributed by atoms with Crippen molar-refractivity contribution in [3.8, 4) is 5.75 Å². The number of ether oxygens (including phenoxy) is 2. The molecule has 0 fully saturated rings. The number of nitrogens with one attached hydrogen (secondary N) is 1. The van der Waals surface area contributed by atoms with Crippen LogP contribution < -0.4 is 10.1 Å². The fourth-order valence-corrected chi connectivity index (χ4v) is 4.27. The first-order chi connectivity index (χ1) is 13.5. The third-order valence-corrected chi connectivity index (χ3v) is 5.56. The summed E-state index contributed by atoms with van der Waals surface area (Å²) >= 11 is 0. The summed E-state index contributed by atoms with van der Waals surface area (Å²) in [5.41, 5.74) is 2.95. The quantitative estimate of drug-likeness (QED) is 0.370. The van der Waals surface area contributed by atoms with Gasteiger partial charge in [0.25, 0.3) is 0 Å². The molecular weight excluding hydrogens is 360 g/mol. The van der Waals surface area contributed by atoms with Crippen LogP contribution in [0.5, 0.6) is 5.75 Å². The Labute approximate surface area is 162 Å². The molecule has 28 heavy (non-hydrogen) atoms. The Bertz CT molecular complexity index is 985. The third kappa shape index (κ3) is 2.79. The van der Waals surface area contributed by atoms with Crippen LogP contribution in [0.4, 0.5) is 11.4 Å². The predicted octanol–water partition coefficient (Wildman–Crippen LogP) is 4.22. The van der Waals surface area contributed by atoms with Gasteiger partial charge in [-0.25, -0.2) is 4.79 Å². The highest BCUT2D eigenvalue weighted by molar-refractivity contribution is 5.97. The minimum atomic E-state index is -0.441. The first kappa shape index (κ1) is 18.0. The second-order valence-corrected chi connectivity index (χ2v) is 6.93. The van der Waals surface area contributed by atoms with Crippen molar-refractivity contribution in [2.45, 2.75) is 18.4 Å². The normalized spacial score (nSPS) is 22.0. The van der Waals surface area contributed by atoms with E-state index < -0.39 is 10.9 Å². The number of anilines is 1. The monoisotopic (exact) mass is 380 g/mol. The minimum Gasteiger partial charge on any atom is -0.490 e. The van der Waals surface area contributed by atoms with Gasteiger partial charge < -0.3 is 14.8 Å². The van der Waals surface area contributed by atoms with Crippen molar-refractivity contribution in [2.24, 2.45) is 5.92 Å². The number of hydrogen-bond donors (Lipinski definition) is 1. The maximum atomic E-state index is 12.3. The van der Waals surface area contributed by atoms with Gasteiger partial charge in [-0.05, 0) is 35.6 Å². The zero-order chi connectivity index (χ0) is 19.8. The SMILES string of the molecule is COC(=O)c1cccc2c1N[C@H](c1ccc(OC)c([N+](=O)[O-])c1)[C@H]1CC=C[C@@H]21. The topological polar surface area (TPSA) is 90.7 Å². The second kappa shape index (κ2) is 6.99. The summed E-state index contributed by atoms with van der Waals surface area (Å²) in [5, 5.41) is 14.9. The summed E-state index contributed by atoms with van der Waals surface area (Å²) < 4.78 is 10.1. The molecule has 1 aliphatic carbocycles. The van der Waals surface area contributed by atoms with E-state index in [9.17, 15) is 14.9 Å². The molecule has 144 valence electrons. The van der Waals surface area contributed by atoms with Gasteiger partial charge in [-0.15, -0.1) is 0 Å². The van der Waals surface area contributed by atoms with Gasteiger partial charge in [0.2, 0.25) is 0 Å². The Hall–Kier alpha value is -3.35. The lowest BCUT2D eigenvalue weighted by molar-refractivity contribution is -0.385. The number of nitro benzene ring substituents is 1. The molecule has 0 bridgehead atoms. The lowest BCUT2D eigenvalue weighted by atomic mass is 9.76. The van der Waals surface area contributed by atoms with Crippen LogP contribution in [0.3, 0.4) is 0 Å². The van der Waals surface area contributed by atoms with Gasteiger partial charge in [-0.3, -0.25) is 10.1 Å². The van der Waals surface area contributed by atoms with E-state index in [0.29, 0.717) is 5.56 Å². The average molecular weight is 380 g/mol. The molecular formula is C21H20N2O5. The van der Waals surface area contributed by atoms with Crippen molar-refractivity contribution in [2.75, 3.05) is 19.5 Å². The molecule has 7 heteroatoms. The highest BCUT2D eigenvalue weighted by atomic mass is 16.6. The van der Waals surface area contributed by atoms with E-state index in [1.807, 2.05) is 18.2 Å². The van der Waals surface area contributed by atoms with Crippen LogP contribution in [0, 0.1) is 16.0 Å². The molecule has 1 heterocycles. The maximum absolute atomic E-state index is 12.3. The Morgan fingerprint density at radius 2 is 2.07 bits per heavy atom. The van der Waals surface area contributed by atoms with Crippen molar-refractivity contribution in [1.82, 2.24) is 0 Å². The van der Waals surface area contributed by atoms with Crippen LogP contribution >= 0.6 is 0 Å². The van der Waals surface area contributed by atoms with Crippen molar-refractivity contribution < 1.29 is 19.2 Å². The predicted molar refractivity (Wildman–Crippen MR) is 104 cm³/mol. The van der Waals surface area contributed by atoms with Crippen molar-refractivity contribution >= 4 is 17.3 Å². The van der Waals surface area contributed by atoms with Gasteiger partial charge in [0.15, 0.2) is 5.75 Å². The summed E-state index contributed by atoms with van der Waals surface area (Å²) in [6.45, 7) is 0. The number of nitrogens with zero attached hydrogens (tertiary/aromatic N) is 1. The van der Waals surface area contributed by atoms with Crippen LogP contribution in [0.1, 0.15) is 39.9 Å². The van der Waals surface area contributed by atoms with Crippen LogP contribution in [0.25, 0.3) is 0 Å². The van der Waals surface area contributed by atoms with Crippen molar-refractivity contribution in [1.29, 1.82) is 0 Å². The Balaban J connectivity index is 1.82. The number of allylic oxidation sites excluding steroid dienone is 2. The number of benzene rings is 2. The molecule has 3 atom stereocenters. The van der Waals surface area contributed by atoms with Gasteiger partial charge >= 0.3 is 11.7 Å². The van der Waals surface area contributed by atoms with Gasteiger partial charge in [0.05, 0.1) is 36.4 Å². The Morgan fingerprint density at radius 3 is 2.79 bits per heavy atom. The highest BCUT2D eigenvalue weighted by Gasteiger charge is 2.40. The molecule has 0 spiro atoms. The van der Waals surface area contributed by atoms with Crippen LogP contribution in [0.15, 0.2) is 48.6 Å². The fourth-order valence-electron chi connectivity index (χ4n) is 4.27. The zero-order valence-electron chi connectivity index (χ0n) is 15.5. The number of carbonyl (C=O) groups excluding carboxylic acids is 1. The molecule has 0 saturated heterocycles. The summed E-state index contributed by atoms with van der Waals surface area (Å²) in [6.07, 6.45) is 5.13. The smallest absolute Gasteiger partial charge is 0.339 e. The molecule has 0 unspecified atom stereocenters. The second-order valence-electron chi connectivity index (χ2n) is 6.93. The molecule has 0 radical (unpaired) electrons. The summed E-state index contributed by atoms with van der Waals surface area (Å²) in [7, 11) is 2.77. The number of fused-ring (bicyclic) bond motifs is 3. The number of esters is 1. The number of methoxy groups -OCH3 is 2.